The van der Waals surface area contributed by atoms with E-state index in [1.807, 2.05) is 11.3 Å². The lowest BCUT2D eigenvalue weighted by Crippen LogP contribution is -1.87. The molecule has 2 aromatic heterocycles. The molecule has 10 heavy (non-hydrogen) atoms. The van der Waals surface area contributed by atoms with Gasteiger partial charge in [-0.15, -0.1) is 0 Å². The summed E-state index contributed by atoms with van der Waals surface area (Å²) in [6.07, 6.45) is 8.01. The van der Waals surface area contributed by atoms with Crippen molar-refractivity contribution in [2.45, 2.75) is 6.92 Å². The Morgan fingerprint density at radius 1 is 1.60 bits per heavy atom. The van der Waals surface area contributed by atoms with Crippen LogP contribution in [0.1, 0.15) is 5.56 Å². The monoisotopic (exact) mass is 132 g/mol. The van der Waals surface area contributed by atoms with Gasteiger partial charge in [-0.2, -0.15) is 0 Å². The summed E-state index contributed by atoms with van der Waals surface area (Å²) in [7, 11) is 0. The van der Waals surface area contributed by atoms with Crippen LogP contribution in [0.15, 0.2) is 18.7 Å². The molecule has 0 atom stereocenters. The van der Waals surface area contributed by atoms with Gasteiger partial charge < -0.3 is 0 Å². The maximum atomic E-state index is 4.02. The fourth-order valence-electron chi connectivity index (χ4n) is 0.926. The molecule has 0 bridgehead atoms. The highest BCUT2D eigenvalue weighted by atomic mass is 15.0. The Balaban J connectivity index is 2.95. The number of aromatic nitrogens is 3. The Kier molecular flexibility index (Phi) is 0.974. The SMILES string of the molecule is Cc1cncn2c[c]nc12. The summed E-state index contributed by atoms with van der Waals surface area (Å²) >= 11 is 0. The van der Waals surface area contributed by atoms with Crippen LogP contribution in [-0.4, -0.2) is 14.4 Å². The van der Waals surface area contributed by atoms with Crippen LogP contribution >= 0.6 is 0 Å². The lowest BCUT2D eigenvalue weighted by molar-refractivity contribution is 1.06. The van der Waals surface area contributed by atoms with E-state index < -0.39 is 0 Å². The number of imidazole rings is 1. The molecule has 0 aliphatic heterocycles. The topological polar surface area (TPSA) is 30.2 Å². The van der Waals surface area contributed by atoms with Gasteiger partial charge in [0.1, 0.15) is 18.2 Å². The molecule has 2 heterocycles. The molecule has 3 nitrogen and oxygen atoms in total. The zero-order chi connectivity index (χ0) is 6.97. The van der Waals surface area contributed by atoms with Gasteiger partial charge >= 0.3 is 0 Å². The quantitative estimate of drug-likeness (QED) is 0.531. The van der Waals surface area contributed by atoms with E-state index in [0.29, 0.717) is 0 Å². The molecule has 0 aromatic carbocycles. The Morgan fingerprint density at radius 3 is 3.30 bits per heavy atom. The normalized spacial score (nSPS) is 10.5. The van der Waals surface area contributed by atoms with Crippen molar-refractivity contribution in [3.63, 3.8) is 0 Å². The summed E-state index contributed by atoms with van der Waals surface area (Å²) < 4.78 is 1.84. The van der Waals surface area contributed by atoms with Gasteiger partial charge in [-0.3, -0.25) is 4.40 Å². The summed E-state index contributed by atoms with van der Waals surface area (Å²) in [5.74, 6) is 0. The van der Waals surface area contributed by atoms with Crippen molar-refractivity contribution in [2.24, 2.45) is 0 Å². The first-order valence-electron chi connectivity index (χ1n) is 3.03. The second kappa shape index (κ2) is 1.80. The highest BCUT2D eigenvalue weighted by Gasteiger charge is 1.94. The molecule has 3 heteroatoms. The molecular formula is C7H6N3. The largest absolute Gasteiger partial charge is 0.290 e. The molecule has 0 unspecified atom stereocenters. The lowest BCUT2D eigenvalue weighted by Gasteiger charge is -1.93. The molecule has 0 saturated carbocycles. The Hall–Kier alpha value is -1.38. The van der Waals surface area contributed by atoms with Crippen LogP contribution in [0.3, 0.4) is 0 Å². The van der Waals surface area contributed by atoms with Crippen molar-refractivity contribution < 1.29 is 0 Å². The molecule has 1 radical (unpaired) electrons. The molecule has 0 aliphatic carbocycles. The van der Waals surface area contributed by atoms with Crippen LogP contribution in [0.5, 0.6) is 0 Å². The van der Waals surface area contributed by atoms with Crippen molar-refractivity contribution in [3.8, 4) is 0 Å². The van der Waals surface area contributed by atoms with Gasteiger partial charge in [0.15, 0.2) is 0 Å². The third kappa shape index (κ3) is 0.603. The summed E-state index contributed by atoms with van der Waals surface area (Å²) in [5, 5.41) is 0. The smallest absolute Gasteiger partial charge is 0.143 e. The predicted octanol–water partition coefficient (Wildman–Crippen LogP) is 0.838. The van der Waals surface area contributed by atoms with E-state index in [-0.39, 0.29) is 0 Å². The van der Waals surface area contributed by atoms with E-state index in [1.54, 1.807) is 18.7 Å². The number of fused-ring (bicyclic) bond motifs is 1. The summed E-state index contributed by atoms with van der Waals surface area (Å²) in [6.45, 7) is 1.98. The van der Waals surface area contributed by atoms with E-state index in [4.69, 9.17) is 0 Å². The third-order valence-corrected chi connectivity index (χ3v) is 1.42. The lowest BCUT2D eigenvalue weighted by atomic mass is 10.4. The summed E-state index contributed by atoms with van der Waals surface area (Å²) in [6, 6.07) is 0. The number of hydrogen-bond donors (Lipinski definition) is 0. The van der Waals surface area contributed by atoms with Crippen molar-refractivity contribution in [2.75, 3.05) is 0 Å². The molecule has 2 aromatic rings. The second-order valence-corrected chi connectivity index (χ2v) is 2.18. The molecular weight excluding hydrogens is 126 g/mol. The first kappa shape index (κ1) is 5.41. The van der Waals surface area contributed by atoms with Crippen molar-refractivity contribution >= 4 is 5.65 Å². The third-order valence-electron chi connectivity index (χ3n) is 1.42. The van der Waals surface area contributed by atoms with Crippen LogP contribution in [-0.2, 0) is 0 Å². The van der Waals surface area contributed by atoms with Gasteiger partial charge in [0.05, 0.1) is 0 Å². The maximum Gasteiger partial charge on any atom is 0.143 e. The second-order valence-electron chi connectivity index (χ2n) is 2.18. The van der Waals surface area contributed by atoms with Gasteiger partial charge in [0.25, 0.3) is 0 Å². The Labute approximate surface area is 58.4 Å². The molecule has 2 rings (SSSR count). The first-order chi connectivity index (χ1) is 4.88. The number of hydrogen-bond acceptors (Lipinski definition) is 2. The van der Waals surface area contributed by atoms with Gasteiger partial charge in [-0.25, -0.2) is 9.97 Å². The number of nitrogens with zero attached hydrogens (tertiary/aromatic N) is 3. The Bertz CT molecular complexity index is 350. The fourth-order valence-corrected chi connectivity index (χ4v) is 0.926. The highest BCUT2D eigenvalue weighted by Crippen LogP contribution is 2.02. The highest BCUT2D eigenvalue weighted by molar-refractivity contribution is 5.44. The minimum Gasteiger partial charge on any atom is -0.290 e. The predicted molar refractivity (Wildman–Crippen MR) is 36.6 cm³/mol. The Morgan fingerprint density at radius 2 is 2.50 bits per heavy atom. The van der Waals surface area contributed by atoms with Crippen LogP contribution in [0.2, 0.25) is 0 Å². The van der Waals surface area contributed by atoms with Gasteiger partial charge in [-0.1, -0.05) is 0 Å². The zero-order valence-electron chi connectivity index (χ0n) is 5.57. The van der Waals surface area contributed by atoms with E-state index >= 15 is 0 Å². The van der Waals surface area contributed by atoms with E-state index in [1.165, 1.54) is 0 Å². The van der Waals surface area contributed by atoms with Crippen molar-refractivity contribution in [1.29, 1.82) is 0 Å². The number of aryl methyl sites for hydroxylation is 1. The van der Waals surface area contributed by atoms with E-state index in [0.717, 1.165) is 11.2 Å². The standard InChI is InChI=1S/C7H6N3/c1-6-4-8-5-10-3-2-9-7(6)10/h3-5H,1H3. The van der Waals surface area contributed by atoms with Gasteiger partial charge in [0, 0.05) is 18.0 Å². The molecule has 0 saturated heterocycles. The van der Waals surface area contributed by atoms with Crippen LogP contribution in [0.4, 0.5) is 0 Å². The van der Waals surface area contributed by atoms with Crippen molar-refractivity contribution in [1.82, 2.24) is 14.4 Å². The summed E-state index contributed by atoms with van der Waals surface area (Å²) in [5.41, 5.74) is 2.00. The molecule has 49 valence electrons. The molecule has 0 amide bonds. The molecule has 0 aliphatic rings. The first-order valence-corrected chi connectivity index (χ1v) is 3.03. The average molecular weight is 132 g/mol. The fraction of sp³-hybridized carbons (Fsp3) is 0.143. The zero-order valence-corrected chi connectivity index (χ0v) is 5.57. The minimum absolute atomic E-state index is 0.926. The van der Waals surface area contributed by atoms with Crippen LogP contribution in [0.25, 0.3) is 5.65 Å². The van der Waals surface area contributed by atoms with E-state index in [2.05, 4.69) is 16.2 Å². The van der Waals surface area contributed by atoms with Crippen LogP contribution < -0.4 is 0 Å². The summed E-state index contributed by atoms with van der Waals surface area (Å²) in [4.78, 5) is 8.00. The van der Waals surface area contributed by atoms with E-state index in [9.17, 15) is 0 Å². The van der Waals surface area contributed by atoms with Gasteiger partial charge in [-0.05, 0) is 6.92 Å². The molecule has 0 fully saturated rings. The minimum atomic E-state index is 0.926. The van der Waals surface area contributed by atoms with Crippen LogP contribution in [0, 0.1) is 13.1 Å². The maximum absolute atomic E-state index is 4.02. The molecule has 0 spiro atoms. The number of rotatable bonds is 0. The molecule has 0 N–H and O–H groups in total. The van der Waals surface area contributed by atoms with Crippen molar-refractivity contribution in [3.05, 3.63) is 30.5 Å². The van der Waals surface area contributed by atoms with Gasteiger partial charge in [0.2, 0.25) is 0 Å². The average Bonchev–Trinajstić information content (AvgIpc) is 2.36.